The van der Waals surface area contributed by atoms with Crippen molar-refractivity contribution in [2.24, 2.45) is 0 Å². The molecule has 0 rings (SSSR count). The minimum Gasteiger partial charge on any atom is -0.480 e. The summed E-state index contributed by atoms with van der Waals surface area (Å²) in [6.45, 7) is 2.62. The predicted molar refractivity (Wildman–Crippen MR) is 45.2 cm³/mol. The van der Waals surface area contributed by atoms with E-state index in [2.05, 4.69) is 5.32 Å². The lowest BCUT2D eigenvalue weighted by Crippen LogP contribution is -2.39. The van der Waals surface area contributed by atoms with Gasteiger partial charge < -0.3 is 15.2 Å². The SMILES string of the molecule is CC(=O)CCC(NC(C)=O)C(=O)O. The molecule has 2 N–H and O–H groups in total. The number of aliphatic carboxylic acids is 1. The number of carboxylic acid groups (broad SMARTS) is 1. The van der Waals surface area contributed by atoms with Gasteiger partial charge in [0.1, 0.15) is 11.8 Å². The number of hydrogen-bond donors (Lipinski definition) is 2. The second-order valence-electron chi connectivity index (χ2n) is 2.83. The third-order valence-corrected chi connectivity index (χ3v) is 1.46. The number of carbonyl (C=O) groups is 3. The monoisotopic (exact) mass is 187 g/mol. The number of nitrogens with one attached hydrogen (secondary N) is 1. The molecule has 0 aromatic heterocycles. The van der Waals surface area contributed by atoms with Gasteiger partial charge >= 0.3 is 5.97 Å². The van der Waals surface area contributed by atoms with Gasteiger partial charge in [-0.1, -0.05) is 0 Å². The van der Waals surface area contributed by atoms with Gasteiger partial charge in [-0.2, -0.15) is 0 Å². The quantitative estimate of drug-likeness (QED) is 0.631. The Bertz CT molecular complexity index is 224. The van der Waals surface area contributed by atoms with Crippen LogP contribution in [0.15, 0.2) is 0 Å². The van der Waals surface area contributed by atoms with Gasteiger partial charge in [0.2, 0.25) is 5.91 Å². The van der Waals surface area contributed by atoms with Gasteiger partial charge in [-0.15, -0.1) is 0 Å². The zero-order chi connectivity index (χ0) is 10.4. The fourth-order valence-corrected chi connectivity index (χ4v) is 0.850. The van der Waals surface area contributed by atoms with E-state index in [1.54, 1.807) is 0 Å². The van der Waals surface area contributed by atoms with Crippen molar-refractivity contribution in [1.29, 1.82) is 0 Å². The molecular weight excluding hydrogens is 174 g/mol. The summed E-state index contributed by atoms with van der Waals surface area (Å²) in [7, 11) is 0. The van der Waals surface area contributed by atoms with E-state index in [-0.39, 0.29) is 18.6 Å². The zero-order valence-electron chi connectivity index (χ0n) is 7.66. The van der Waals surface area contributed by atoms with Crippen molar-refractivity contribution in [2.45, 2.75) is 32.7 Å². The Morgan fingerprint density at radius 3 is 2.15 bits per heavy atom. The second kappa shape index (κ2) is 5.29. The maximum atomic E-state index is 10.6. The summed E-state index contributed by atoms with van der Waals surface area (Å²) >= 11 is 0. The molecule has 0 aliphatic rings. The number of hydrogen-bond acceptors (Lipinski definition) is 3. The number of ketones is 1. The highest BCUT2D eigenvalue weighted by atomic mass is 16.4. The van der Waals surface area contributed by atoms with Crippen molar-refractivity contribution in [2.75, 3.05) is 0 Å². The number of amides is 1. The fourth-order valence-electron chi connectivity index (χ4n) is 0.850. The van der Waals surface area contributed by atoms with Crippen LogP contribution in [0, 0.1) is 0 Å². The van der Waals surface area contributed by atoms with Gasteiger partial charge in [0, 0.05) is 13.3 Å². The van der Waals surface area contributed by atoms with E-state index in [9.17, 15) is 14.4 Å². The van der Waals surface area contributed by atoms with Gasteiger partial charge in [-0.3, -0.25) is 4.79 Å². The Labute approximate surface area is 76.1 Å². The minimum absolute atomic E-state index is 0.0865. The first kappa shape index (κ1) is 11.6. The molecule has 1 atom stereocenters. The van der Waals surface area contributed by atoms with E-state index < -0.39 is 17.9 Å². The molecule has 74 valence electrons. The molecule has 0 fully saturated rings. The summed E-state index contributed by atoms with van der Waals surface area (Å²) in [6, 6.07) is -0.957. The normalized spacial score (nSPS) is 11.8. The first-order valence-corrected chi connectivity index (χ1v) is 3.93. The average Bonchev–Trinajstić information content (AvgIpc) is 1.96. The van der Waals surface area contributed by atoms with Crippen LogP contribution < -0.4 is 5.32 Å². The molecule has 1 unspecified atom stereocenters. The van der Waals surface area contributed by atoms with Crippen LogP contribution >= 0.6 is 0 Å². The van der Waals surface area contributed by atoms with Crippen molar-refractivity contribution in [1.82, 2.24) is 5.32 Å². The van der Waals surface area contributed by atoms with Gasteiger partial charge in [0.05, 0.1) is 0 Å². The minimum atomic E-state index is -1.11. The van der Waals surface area contributed by atoms with Crippen LogP contribution in [0.5, 0.6) is 0 Å². The Morgan fingerprint density at radius 1 is 1.31 bits per heavy atom. The second-order valence-corrected chi connectivity index (χ2v) is 2.83. The standard InChI is InChI=1S/C8H13NO4/c1-5(10)3-4-7(8(12)13)9-6(2)11/h7H,3-4H2,1-2H3,(H,9,11)(H,12,13). The Kier molecular flexibility index (Phi) is 4.72. The van der Waals surface area contributed by atoms with Crippen LogP contribution in [0.2, 0.25) is 0 Å². The average molecular weight is 187 g/mol. The number of rotatable bonds is 5. The Morgan fingerprint density at radius 2 is 1.85 bits per heavy atom. The van der Waals surface area contributed by atoms with Crippen LogP contribution in [0.3, 0.4) is 0 Å². The lowest BCUT2D eigenvalue weighted by atomic mass is 10.1. The van der Waals surface area contributed by atoms with Crippen molar-refractivity contribution in [3.8, 4) is 0 Å². The lowest BCUT2D eigenvalue weighted by Gasteiger charge is -2.11. The van der Waals surface area contributed by atoms with Crippen LogP contribution in [0.4, 0.5) is 0 Å². The van der Waals surface area contributed by atoms with Crippen molar-refractivity contribution >= 4 is 17.7 Å². The molecule has 0 aromatic rings. The third kappa shape index (κ3) is 5.84. The van der Waals surface area contributed by atoms with Crippen molar-refractivity contribution in [3.63, 3.8) is 0 Å². The van der Waals surface area contributed by atoms with Crippen LogP contribution in [-0.4, -0.2) is 28.8 Å². The molecule has 0 bridgehead atoms. The third-order valence-electron chi connectivity index (χ3n) is 1.46. The predicted octanol–water partition coefficient (Wildman–Crippen LogP) is -0.0551. The summed E-state index contributed by atoms with van der Waals surface area (Å²) in [4.78, 5) is 31.6. The van der Waals surface area contributed by atoms with Crippen LogP contribution in [0.25, 0.3) is 0 Å². The molecule has 13 heavy (non-hydrogen) atoms. The summed E-state index contributed by atoms with van der Waals surface area (Å²) < 4.78 is 0. The molecule has 5 heteroatoms. The van der Waals surface area contributed by atoms with Gasteiger partial charge in [-0.05, 0) is 13.3 Å². The Balaban J connectivity index is 4.02. The number of Topliss-reactive ketones (excluding diaryl/α,β-unsaturated/α-hetero) is 1. The summed E-state index contributed by atoms with van der Waals surface area (Å²) in [5.41, 5.74) is 0. The largest absolute Gasteiger partial charge is 0.480 e. The van der Waals surface area contributed by atoms with E-state index >= 15 is 0 Å². The highest BCUT2D eigenvalue weighted by Crippen LogP contribution is 1.98. The van der Waals surface area contributed by atoms with Gasteiger partial charge in [-0.25, -0.2) is 4.79 Å². The Hall–Kier alpha value is -1.39. The van der Waals surface area contributed by atoms with E-state index in [0.717, 1.165) is 0 Å². The smallest absolute Gasteiger partial charge is 0.326 e. The molecule has 0 aromatic carbocycles. The van der Waals surface area contributed by atoms with Crippen molar-refractivity contribution in [3.05, 3.63) is 0 Å². The highest BCUT2D eigenvalue weighted by Gasteiger charge is 2.18. The number of carbonyl (C=O) groups excluding carboxylic acids is 2. The molecule has 0 spiro atoms. The fraction of sp³-hybridized carbons (Fsp3) is 0.625. The molecule has 0 saturated carbocycles. The molecule has 0 radical (unpaired) electrons. The van der Waals surface area contributed by atoms with E-state index in [1.807, 2.05) is 0 Å². The zero-order valence-corrected chi connectivity index (χ0v) is 7.66. The first-order chi connectivity index (χ1) is 5.93. The summed E-state index contributed by atoms with van der Waals surface area (Å²) in [5.74, 6) is -1.61. The van der Waals surface area contributed by atoms with Crippen LogP contribution in [-0.2, 0) is 14.4 Å². The maximum absolute atomic E-state index is 10.6. The molecule has 0 heterocycles. The van der Waals surface area contributed by atoms with E-state index in [0.29, 0.717) is 0 Å². The summed E-state index contributed by atoms with van der Waals surface area (Å²) in [5, 5.41) is 10.9. The van der Waals surface area contributed by atoms with Gasteiger partial charge in [0.25, 0.3) is 0 Å². The van der Waals surface area contributed by atoms with E-state index in [1.165, 1.54) is 13.8 Å². The van der Waals surface area contributed by atoms with Crippen LogP contribution in [0.1, 0.15) is 26.7 Å². The molecule has 0 aliphatic heterocycles. The molecule has 0 saturated heterocycles. The molecular formula is C8H13NO4. The number of carboxylic acids is 1. The molecule has 1 amide bonds. The highest BCUT2D eigenvalue weighted by molar-refractivity contribution is 5.83. The topological polar surface area (TPSA) is 83.5 Å². The van der Waals surface area contributed by atoms with Gasteiger partial charge in [0.15, 0.2) is 0 Å². The maximum Gasteiger partial charge on any atom is 0.326 e. The summed E-state index contributed by atoms with van der Waals surface area (Å²) in [6.07, 6.45) is 0.307. The lowest BCUT2D eigenvalue weighted by molar-refractivity contribution is -0.141. The first-order valence-electron chi connectivity index (χ1n) is 3.93. The molecule has 5 nitrogen and oxygen atoms in total. The van der Waals surface area contributed by atoms with Crippen molar-refractivity contribution < 1.29 is 19.5 Å². The van der Waals surface area contributed by atoms with E-state index in [4.69, 9.17) is 5.11 Å². The molecule has 0 aliphatic carbocycles.